The number of fused-ring (bicyclic) bond motifs is 2. The first-order valence-electron chi connectivity index (χ1n) is 21.6. The van der Waals surface area contributed by atoms with Crippen molar-refractivity contribution in [2.75, 3.05) is 19.6 Å². The Morgan fingerprint density at radius 3 is 2.22 bits per heavy atom. The molecule has 5 fully saturated rings. The molecular weight excluding hydrogens is 757 g/mol. The van der Waals surface area contributed by atoms with Crippen molar-refractivity contribution in [2.24, 2.45) is 50.2 Å². The van der Waals surface area contributed by atoms with Crippen LogP contribution < -0.4 is 10.0 Å². The third-order valence-electron chi connectivity index (χ3n) is 16.0. The molecule has 13 nitrogen and oxygen atoms in total. The number of amides is 3. The van der Waals surface area contributed by atoms with Gasteiger partial charge in [0.1, 0.15) is 0 Å². The van der Waals surface area contributed by atoms with Crippen LogP contribution in [0.25, 0.3) is 0 Å². The summed E-state index contributed by atoms with van der Waals surface area (Å²) in [6, 6.07) is -1.67. The average Bonchev–Trinajstić information content (AvgIpc) is 3.54. The summed E-state index contributed by atoms with van der Waals surface area (Å²) in [6.45, 7) is 21.0. The quantitative estimate of drug-likeness (QED) is 0.231. The van der Waals surface area contributed by atoms with Crippen molar-refractivity contribution in [1.29, 1.82) is 0 Å². The number of allylic oxidation sites excluding steroid dienone is 1. The molecule has 7 rings (SSSR count). The largest absolute Gasteiger partial charge is 0.348 e. The maximum Gasteiger partial charge on any atom is 0.303 e. The first kappa shape index (κ1) is 42.7. The summed E-state index contributed by atoms with van der Waals surface area (Å²) >= 11 is 0. The summed E-state index contributed by atoms with van der Waals surface area (Å²) in [5.41, 5.74) is -1.05. The molecule has 7 atom stereocenters. The van der Waals surface area contributed by atoms with Gasteiger partial charge in [-0.25, -0.2) is 9.71 Å². The normalized spacial score (nSPS) is 30.9. The molecule has 3 heterocycles. The number of carbonyl (C=O) groups is 5. The van der Waals surface area contributed by atoms with Gasteiger partial charge in [-0.2, -0.15) is 12.7 Å². The van der Waals surface area contributed by atoms with E-state index in [0.29, 0.717) is 51.7 Å². The van der Waals surface area contributed by atoms with Crippen LogP contribution in [0.1, 0.15) is 131 Å². The molecule has 14 heteroatoms. The average molecular weight is 823 g/mol. The van der Waals surface area contributed by atoms with Gasteiger partial charge in [-0.05, 0) is 78.9 Å². The minimum atomic E-state index is -4.07. The topological polar surface area (TPSA) is 179 Å². The molecule has 0 bridgehead atoms. The van der Waals surface area contributed by atoms with Gasteiger partial charge < -0.3 is 15.2 Å². The van der Waals surface area contributed by atoms with Crippen LogP contribution in [0.15, 0.2) is 19.0 Å². The molecule has 3 saturated carbocycles. The van der Waals surface area contributed by atoms with E-state index in [0.717, 1.165) is 43.5 Å². The van der Waals surface area contributed by atoms with E-state index in [1.54, 1.807) is 17.3 Å². The Bertz CT molecular complexity index is 1980. The predicted molar refractivity (Wildman–Crippen MR) is 219 cm³/mol. The van der Waals surface area contributed by atoms with Crippen LogP contribution in [0.4, 0.5) is 0 Å². The lowest BCUT2D eigenvalue weighted by atomic mass is 9.73. The Morgan fingerprint density at radius 2 is 1.67 bits per heavy atom. The summed E-state index contributed by atoms with van der Waals surface area (Å²) in [4.78, 5) is 81.5. The van der Waals surface area contributed by atoms with E-state index in [1.807, 2.05) is 41.5 Å². The van der Waals surface area contributed by atoms with Crippen LogP contribution in [-0.4, -0.2) is 88.6 Å². The summed E-state index contributed by atoms with van der Waals surface area (Å²) in [5.74, 6) is -3.12. The number of aryl methyl sites for hydroxylation is 1. The SMILES string of the molecule is C=C[C@@H]1C[C@]1(CC(=O)[C@@H]1C[C@@]2(CN1C(=O)[C@@H](CC(=O)[C@@H](NC(=O)[C@H]1CCc3nc[nH]c3C1)C(C)(C)C)C(C)(C)C)C(C)(C)C21CCC1)C(=O)NS(=O)(=O)N1CCCC1. The molecule has 6 aliphatic rings. The molecule has 0 unspecified atom stereocenters. The van der Waals surface area contributed by atoms with E-state index >= 15 is 4.79 Å². The number of nitrogens with one attached hydrogen (secondary N) is 3. The highest BCUT2D eigenvalue weighted by Gasteiger charge is 2.85. The lowest BCUT2D eigenvalue weighted by Crippen LogP contribution is -2.53. The van der Waals surface area contributed by atoms with Crippen molar-refractivity contribution in [1.82, 2.24) is 29.2 Å². The van der Waals surface area contributed by atoms with Gasteiger partial charge in [0.2, 0.25) is 17.7 Å². The number of aromatic amines is 1. The lowest BCUT2D eigenvalue weighted by molar-refractivity contribution is -0.147. The number of nitrogens with zero attached hydrogens (tertiary/aromatic N) is 3. The Hall–Kier alpha value is -3.39. The number of hydrogen-bond acceptors (Lipinski definition) is 8. The molecule has 2 aliphatic heterocycles. The second kappa shape index (κ2) is 14.4. The number of H-pyrrole nitrogens is 1. The molecule has 2 spiro atoms. The highest BCUT2D eigenvalue weighted by Crippen LogP contribution is 2.88. The monoisotopic (exact) mass is 822 g/mol. The Kier molecular flexibility index (Phi) is 10.6. The number of likely N-dealkylation sites (tertiary alicyclic amines) is 1. The molecule has 3 amide bonds. The first-order chi connectivity index (χ1) is 26.9. The molecule has 4 aliphatic carbocycles. The van der Waals surface area contributed by atoms with Gasteiger partial charge in [-0.15, -0.1) is 6.58 Å². The van der Waals surface area contributed by atoms with Crippen molar-refractivity contribution in [3.63, 3.8) is 0 Å². The molecule has 58 heavy (non-hydrogen) atoms. The molecule has 1 aromatic rings. The fourth-order valence-corrected chi connectivity index (χ4v) is 13.2. The molecular formula is C44H66N6O7S. The van der Waals surface area contributed by atoms with E-state index in [2.05, 4.69) is 40.4 Å². The summed E-state index contributed by atoms with van der Waals surface area (Å²) in [7, 11) is -4.07. The van der Waals surface area contributed by atoms with Crippen LogP contribution in [0.2, 0.25) is 0 Å². The second-order valence-electron chi connectivity index (χ2n) is 21.4. The zero-order valence-corrected chi connectivity index (χ0v) is 36.8. The van der Waals surface area contributed by atoms with Crippen LogP contribution >= 0.6 is 0 Å². The zero-order chi connectivity index (χ0) is 42.4. The van der Waals surface area contributed by atoms with Gasteiger partial charge in [-0.3, -0.25) is 24.0 Å². The van der Waals surface area contributed by atoms with Gasteiger partial charge >= 0.3 is 10.2 Å². The molecule has 320 valence electrons. The van der Waals surface area contributed by atoms with Crippen molar-refractivity contribution >= 4 is 39.5 Å². The van der Waals surface area contributed by atoms with Crippen molar-refractivity contribution in [2.45, 2.75) is 145 Å². The van der Waals surface area contributed by atoms with E-state index < -0.39 is 50.4 Å². The molecule has 2 saturated heterocycles. The number of imidazole rings is 1. The molecule has 1 aromatic heterocycles. The highest BCUT2D eigenvalue weighted by molar-refractivity contribution is 7.87. The number of ketones is 2. The maximum atomic E-state index is 15.2. The summed E-state index contributed by atoms with van der Waals surface area (Å²) < 4.78 is 29.9. The smallest absolute Gasteiger partial charge is 0.303 e. The van der Waals surface area contributed by atoms with Crippen LogP contribution in [0.5, 0.6) is 0 Å². The minimum Gasteiger partial charge on any atom is -0.348 e. The first-order valence-corrected chi connectivity index (χ1v) is 23.0. The number of Topliss-reactive ketones (excluding diaryl/α,β-unsaturated/α-hetero) is 2. The van der Waals surface area contributed by atoms with Gasteiger partial charge in [0.25, 0.3) is 0 Å². The van der Waals surface area contributed by atoms with Crippen molar-refractivity contribution < 1.29 is 32.4 Å². The molecule has 0 aromatic carbocycles. The minimum absolute atomic E-state index is 0.0143. The number of carbonyl (C=O) groups excluding carboxylic acids is 5. The Labute approximate surface area is 344 Å². The van der Waals surface area contributed by atoms with E-state index in [1.165, 1.54) is 4.31 Å². The van der Waals surface area contributed by atoms with Gasteiger partial charge in [0.05, 0.1) is 29.5 Å². The standard InChI is InChI=1S/C44H66N6O7S/c1-10-28-22-42(28,38(55)48-58(56,57)49-18-11-12-19-49)24-34(52)32-23-44(41(8,9)43(44)16-13-17-43)25-50(32)37(54)29(39(2,3)4)21-33(51)35(40(5,6)7)47-36(53)27-14-15-30-31(20-27)46-26-45-30/h10,26-29,32,35H,1,11-25H2,2-9H3,(H,45,46)(H,47,53)(H,48,55)/t27-,28+,29+,32-,35+,42+,44+/m0/s1. The fraction of sp³-hybridized carbons (Fsp3) is 0.773. The van der Waals surface area contributed by atoms with Crippen molar-refractivity contribution in [3.8, 4) is 0 Å². The second-order valence-corrected chi connectivity index (χ2v) is 23.1. The van der Waals surface area contributed by atoms with Gasteiger partial charge in [0.15, 0.2) is 11.6 Å². The van der Waals surface area contributed by atoms with Crippen LogP contribution in [0, 0.1) is 50.2 Å². The van der Waals surface area contributed by atoms with E-state index in [4.69, 9.17) is 0 Å². The maximum absolute atomic E-state index is 15.2. The lowest BCUT2D eigenvalue weighted by Gasteiger charge is -2.38. The van der Waals surface area contributed by atoms with Crippen LogP contribution in [0.3, 0.4) is 0 Å². The summed E-state index contributed by atoms with van der Waals surface area (Å²) in [5, 5.41) is 3.09. The zero-order valence-electron chi connectivity index (χ0n) is 36.0. The Balaban J connectivity index is 1.14. The van der Waals surface area contributed by atoms with E-state index in [-0.39, 0.29) is 64.3 Å². The van der Waals surface area contributed by atoms with Crippen LogP contribution in [-0.2, 0) is 47.0 Å². The molecule has 0 radical (unpaired) electrons. The Morgan fingerprint density at radius 1 is 1.00 bits per heavy atom. The number of aromatic nitrogens is 2. The number of hydrogen-bond donors (Lipinski definition) is 3. The van der Waals surface area contributed by atoms with Gasteiger partial charge in [0, 0.05) is 61.8 Å². The highest BCUT2D eigenvalue weighted by atomic mass is 32.2. The third-order valence-corrected chi connectivity index (χ3v) is 17.5. The predicted octanol–water partition coefficient (Wildman–Crippen LogP) is 5.07. The molecule has 3 N–H and O–H groups in total. The fourth-order valence-electron chi connectivity index (χ4n) is 11.9. The van der Waals surface area contributed by atoms with Crippen molar-refractivity contribution in [3.05, 3.63) is 30.4 Å². The van der Waals surface area contributed by atoms with Gasteiger partial charge in [-0.1, -0.05) is 67.9 Å². The third kappa shape index (κ3) is 6.89. The van der Waals surface area contributed by atoms with E-state index in [9.17, 15) is 27.6 Å². The summed E-state index contributed by atoms with van der Waals surface area (Å²) in [6.07, 6.45) is 10.1. The number of rotatable bonds is 13.